The number of thiophene rings is 1. The van der Waals surface area contributed by atoms with E-state index in [-0.39, 0.29) is 0 Å². The lowest BCUT2D eigenvalue weighted by Gasteiger charge is -2.14. The van der Waals surface area contributed by atoms with Gasteiger partial charge in [-0.25, -0.2) is 15.0 Å². The highest BCUT2D eigenvalue weighted by Gasteiger charge is 2.19. The van der Waals surface area contributed by atoms with Crippen LogP contribution < -0.4 is 0 Å². The molecule has 0 aliphatic rings. The summed E-state index contributed by atoms with van der Waals surface area (Å²) in [5.74, 6) is 1.97. The largest absolute Gasteiger partial charge is 0.208 e. The molecule has 0 spiro atoms. The van der Waals surface area contributed by atoms with Gasteiger partial charge < -0.3 is 0 Å². The van der Waals surface area contributed by atoms with Gasteiger partial charge in [-0.2, -0.15) is 0 Å². The molecule has 2 heterocycles. The van der Waals surface area contributed by atoms with E-state index in [2.05, 4.69) is 170 Å². The van der Waals surface area contributed by atoms with E-state index in [0.29, 0.717) is 17.5 Å². The highest BCUT2D eigenvalue weighted by Crippen LogP contribution is 2.41. The van der Waals surface area contributed by atoms with Crippen LogP contribution in [0.25, 0.3) is 98.1 Å². The smallest absolute Gasteiger partial charge is 0.165 e. The van der Waals surface area contributed by atoms with Gasteiger partial charge in [0.15, 0.2) is 17.5 Å². The van der Waals surface area contributed by atoms with Crippen LogP contribution in [-0.2, 0) is 0 Å². The SMILES string of the molecule is c1ccc(-c2cccc(-c3nc(-c4ccc(-c5ccc6ccccc6c5)c5ccccc45)nc(-c4cccc5c4sc4ccccc45)n3)c2)cc1. The molecule has 238 valence electrons. The first-order valence-corrected chi connectivity index (χ1v) is 17.9. The fourth-order valence-corrected chi connectivity index (χ4v) is 8.45. The lowest BCUT2D eigenvalue weighted by atomic mass is 9.93. The van der Waals surface area contributed by atoms with Gasteiger partial charge in [0.1, 0.15) is 0 Å². The molecule has 0 aliphatic carbocycles. The molecule has 4 heteroatoms. The molecule has 0 aliphatic heterocycles. The third-order valence-electron chi connectivity index (χ3n) is 9.73. The summed E-state index contributed by atoms with van der Waals surface area (Å²) in [6, 6.07) is 62.2. The molecule has 0 fully saturated rings. The van der Waals surface area contributed by atoms with Gasteiger partial charge in [-0.1, -0.05) is 146 Å². The summed E-state index contributed by atoms with van der Waals surface area (Å²) >= 11 is 1.79. The fraction of sp³-hybridized carbons (Fsp3) is 0. The Balaban J connectivity index is 1.20. The Hall–Kier alpha value is -6.49. The van der Waals surface area contributed by atoms with Crippen molar-refractivity contribution in [2.24, 2.45) is 0 Å². The second-order valence-corrected chi connectivity index (χ2v) is 13.9. The van der Waals surface area contributed by atoms with Gasteiger partial charge in [0, 0.05) is 36.9 Å². The van der Waals surface area contributed by atoms with Crippen molar-refractivity contribution < 1.29 is 0 Å². The summed E-state index contributed by atoms with van der Waals surface area (Å²) in [7, 11) is 0. The number of fused-ring (bicyclic) bond motifs is 5. The molecule has 0 atom stereocenters. The summed E-state index contributed by atoms with van der Waals surface area (Å²) in [5.41, 5.74) is 7.56. The normalized spacial score (nSPS) is 11.5. The first-order valence-electron chi connectivity index (χ1n) is 17.1. The maximum Gasteiger partial charge on any atom is 0.165 e. The summed E-state index contributed by atoms with van der Waals surface area (Å²) in [5, 5.41) is 7.18. The minimum atomic E-state index is 0.647. The Kier molecular flexibility index (Phi) is 7.00. The second-order valence-electron chi connectivity index (χ2n) is 12.8. The van der Waals surface area contributed by atoms with Crippen molar-refractivity contribution >= 4 is 53.1 Å². The number of rotatable bonds is 5. The van der Waals surface area contributed by atoms with E-state index in [1.54, 1.807) is 11.3 Å². The highest BCUT2D eigenvalue weighted by atomic mass is 32.1. The Bertz CT molecular complexity index is 2930. The van der Waals surface area contributed by atoms with Crippen LogP contribution in [0.3, 0.4) is 0 Å². The van der Waals surface area contributed by atoms with Crippen LogP contribution in [0.5, 0.6) is 0 Å². The molecule has 10 aromatic rings. The van der Waals surface area contributed by atoms with Gasteiger partial charge in [-0.3, -0.25) is 0 Å². The Morgan fingerprint density at radius 1 is 0.314 bits per heavy atom. The van der Waals surface area contributed by atoms with Crippen molar-refractivity contribution in [1.82, 2.24) is 15.0 Å². The Labute approximate surface area is 299 Å². The van der Waals surface area contributed by atoms with Crippen LogP contribution in [-0.4, -0.2) is 15.0 Å². The predicted molar refractivity (Wildman–Crippen MR) is 215 cm³/mol. The van der Waals surface area contributed by atoms with Crippen LogP contribution in [0.4, 0.5) is 0 Å². The van der Waals surface area contributed by atoms with Crippen LogP contribution in [0, 0.1) is 0 Å². The zero-order chi connectivity index (χ0) is 33.7. The third kappa shape index (κ3) is 5.16. The monoisotopic (exact) mass is 667 g/mol. The van der Waals surface area contributed by atoms with Gasteiger partial charge >= 0.3 is 0 Å². The molecule has 0 bridgehead atoms. The summed E-state index contributed by atoms with van der Waals surface area (Å²) < 4.78 is 2.43. The number of nitrogens with zero attached hydrogens (tertiary/aromatic N) is 3. The van der Waals surface area contributed by atoms with E-state index in [0.717, 1.165) is 38.6 Å². The average Bonchev–Trinajstić information content (AvgIpc) is 3.59. The van der Waals surface area contributed by atoms with Crippen molar-refractivity contribution in [1.29, 1.82) is 0 Å². The van der Waals surface area contributed by atoms with Crippen molar-refractivity contribution in [3.05, 3.63) is 176 Å². The van der Waals surface area contributed by atoms with Gasteiger partial charge in [0.25, 0.3) is 0 Å². The Morgan fingerprint density at radius 3 is 1.78 bits per heavy atom. The first-order chi connectivity index (χ1) is 25.3. The zero-order valence-electron chi connectivity index (χ0n) is 27.5. The topological polar surface area (TPSA) is 38.7 Å². The van der Waals surface area contributed by atoms with E-state index >= 15 is 0 Å². The molecule has 2 aromatic heterocycles. The van der Waals surface area contributed by atoms with E-state index in [1.807, 2.05) is 6.07 Å². The minimum Gasteiger partial charge on any atom is -0.208 e. The zero-order valence-corrected chi connectivity index (χ0v) is 28.3. The molecule has 0 radical (unpaired) electrons. The molecule has 10 rings (SSSR count). The van der Waals surface area contributed by atoms with Gasteiger partial charge in [0.2, 0.25) is 0 Å². The predicted octanol–water partition coefficient (Wildman–Crippen LogP) is 12.9. The van der Waals surface area contributed by atoms with Gasteiger partial charge in [-0.05, 0) is 74.1 Å². The molecular weight excluding hydrogens is 639 g/mol. The minimum absolute atomic E-state index is 0.647. The van der Waals surface area contributed by atoms with Crippen molar-refractivity contribution in [3.63, 3.8) is 0 Å². The third-order valence-corrected chi connectivity index (χ3v) is 11.0. The van der Waals surface area contributed by atoms with Gasteiger partial charge in [0.05, 0.1) is 0 Å². The quantitative estimate of drug-likeness (QED) is 0.183. The highest BCUT2D eigenvalue weighted by molar-refractivity contribution is 7.26. The van der Waals surface area contributed by atoms with Crippen LogP contribution >= 0.6 is 11.3 Å². The number of hydrogen-bond donors (Lipinski definition) is 0. The van der Waals surface area contributed by atoms with Crippen LogP contribution in [0.15, 0.2) is 176 Å². The van der Waals surface area contributed by atoms with E-state index in [1.165, 1.54) is 42.1 Å². The number of aromatic nitrogens is 3. The lowest BCUT2D eigenvalue weighted by molar-refractivity contribution is 1.08. The van der Waals surface area contributed by atoms with Crippen LogP contribution in [0.2, 0.25) is 0 Å². The molecule has 0 amide bonds. The van der Waals surface area contributed by atoms with E-state index < -0.39 is 0 Å². The molecule has 8 aromatic carbocycles. The Morgan fingerprint density at radius 2 is 0.922 bits per heavy atom. The molecule has 3 nitrogen and oxygen atoms in total. The maximum absolute atomic E-state index is 5.28. The average molecular weight is 668 g/mol. The standard InChI is InChI=1S/C47H29N3S/c1-2-12-30(13-3-1)33-16-10-17-35(29-33)45-48-46(50-47(49-45)42-22-11-21-40-39-20-8-9-23-43(39)51-44(40)42)41-27-26-36(37-18-6-7-19-38(37)41)34-25-24-31-14-4-5-15-32(31)28-34/h1-29H. The second kappa shape index (κ2) is 12.1. The summed E-state index contributed by atoms with van der Waals surface area (Å²) in [6.07, 6.45) is 0. The van der Waals surface area contributed by atoms with E-state index in [9.17, 15) is 0 Å². The molecule has 51 heavy (non-hydrogen) atoms. The fourth-order valence-electron chi connectivity index (χ4n) is 7.24. The van der Waals surface area contributed by atoms with Crippen LogP contribution in [0.1, 0.15) is 0 Å². The number of hydrogen-bond acceptors (Lipinski definition) is 4. The maximum atomic E-state index is 5.28. The molecule has 0 saturated heterocycles. The van der Waals surface area contributed by atoms with Crippen molar-refractivity contribution in [2.75, 3.05) is 0 Å². The lowest BCUT2D eigenvalue weighted by Crippen LogP contribution is -2.01. The van der Waals surface area contributed by atoms with Gasteiger partial charge in [-0.15, -0.1) is 11.3 Å². The first kappa shape index (κ1) is 29.4. The van der Waals surface area contributed by atoms with Crippen molar-refractivity contribution in [2.45, 2.75) is 0 Å². The molecule has 0 unspecified atom stereocenters. The molecule has 0 N–H and O–H groups in total. The molecular formula is C47H29N3S. The van der Waals surface area contributed by atoms with Crippen molar-refractivity contribution in [3.8, 4) is 56.4 Å². The summed E-state index contributed by atoms with van der Waals surface area (Å²) in [6.45, 7) is 0. The number of benzene rings is 8. The summed E-state index contributed by atoms with van der Waals surface area (Å²) in [4.78, 5) is 15.7. The van der Waals surface area contributed by atoms with E-state index in [4.69, 9.17) is 15.0 Å². The molecule has 0 saturated carbocycles.